The van der Waals surface area contributed by atoms with Crippen LogP contribution in [0, 0.1) is 11.8 Å². The van der Waals surface area contributed by atoms with E-state index in [4.69, 9.17) is 23.7 Å². The van der Waals surface area contributed by atoms with Crippen molar-refractivity contribution >= 4 is 76.9 Å². The number of thioether (sulfide) groups is 4. The Labute approximate surface area is 272 Å². The van der Waals surface area contributed by atoms with Crippen LogP contribution >= 0.6 is 47.0 Å². The maximum atomic E-state index is 12.5. The number of hydrogen-bond donors (Lipinski definition) is 0. The summed E-state index contributed by atoms with van der Waals surface area (Å²) in [6.45, 7) is 12.7. The van der Waals surface area contributed by atoms with Crippen LogP contribution in [0.5, 0.6) is 0 Å². The van der Waals surface area contributed by atoms with Gasteiger partial charge in [0.25, 0.3) is 0 Å². The van der Waals surface area contributed by atoms with Gasteiger partial charge in [-0.2, -0.15) is 0 Å². The minimum Gasteiger partial charge on any atom is -0.462 e. The Hall–Kier alpha value is -1.25. The standard InChI is InChI=1S/C29H46O10S4/c1-17(13-25(37-21(5)32)16-35-19(3)30)27(39-23(7)34)29(42-11-12-43-29)26(38-22(6)33)15-24(36-20(4)31)14-18(2)28(8)40-9-10-41-28/h17-18,24-27H,9-16H2,1-8H3/t17-,18-,24+,25-,26-,27+/m1/s1. The molecule has 2 heterocycles. The van der Waals surface area contributed by atoms with Gasteiger partial charge in [-0.3, -0.25) is 24.0 Å². The molecule has 0 aromatic carbocycles. The topological polar surface area (TPSA) is 132 Å². The van der Waals surface area contributed by atoms with Crippen LogP contribution < -0.4 is 0 Å². The average Bonchev–Trinajstić information content (AvgIpc) is 3.55. The molecule has 0 radical (unpaired) electrons. The lowest BCUT2D eigenvalue weighted by Crippen LogP contribution is -2.53. The Bertz CT molecular complexity index is 980. The van der Waals surface area contributed by atoms with E-state index in [-0.39, 0.29) is 29.4 Å². The Balaban J connectivity index is 2.46. The van der Waals surface area contributed by atoms with Crippen LogP contribution in [0.15, 0.2) is 0 Å². The van der Waals surface area contributed by atoms with Gasteiger partial charge >= 0.3 is 29.8 Å². The molecule has 0 aromatic heterocycles. The van der Waals surface area contributed by atoms with Gasteiger partial charge in [0, 0.05) is 64.1 Å². The van der Waals surface area contributed by atoms with E-state index in [1.807, 2.05) is 30.4 Å². The number of carbonyl (C=O) groups excluding carboxylic acids is 5. The van der Waals surface area contributed by atoms with Crippen molar-refractivity contribution < 1.29 is 47.7 Å². The smallest absolute Gasteiger partial charge is 0.303 e. The molecule has 43 heavy (non-hydrogen) atoms. The van der Waals surface area contributed by atoms with Gasteiger partial charge in [0.05, 0.1) is 4.08 Å². The Kier molecular flexibility index (Phi) is 15.4. The summed E-state index contributed by atoms with van der Waals surface area (Å²) in [7, 11) is 0. The highest BCUT2D eigenvalue weighted by Gasteiger charge is 2.56. The van der Waals surface area contributed by atoms with E-state index in [1.165, 1.54) is 34.6 Å². The fourth-order valence-corrected chi connectivity index (χ4v) is 12.2. The molecule has 6 atom stereocenters. The summed E-state index contributed by atoms with van der Waals surface area (Å²) >= 11 is 6.90. The Morgan fingerprint density at radius 2 is 1.12 bits per heavy atom. The Morgan fingerprint density at radius 1 is 0.628 bits per heavy atom. The molecule has 14 heteroatoms. The molecule has 2 aliphatic rings. The predicted molar refractivity (Wildman–Crippen MR) is 172 cm³/mol. The quantitative estimate of drug-likeness (QED) is 0.158. The maximum Gasteiger partial charge on any atom is 0.303 e. The molecule has 2 aliphatic heterocycles. The van der Waals surface area contributed by atoms with E-state index in [9.17, 15) is 24.0 Å². The first-order valence-electron chi connectivity index (χ1n) is 14.5. The van der Waals surface area contributed by atoms with Crippen LogP contribution in [0.2, 0.25) is 0 Å². The normalized spacial score (nSPS) is 21.4. The van der Waals surface area contributed by atoms with E-state index in [1.54, 1.807) is 23.5 Å². The van der Waals surface area contributed by atoms with Gasteiger partial charge in [0.15, 0.2) is 0 Å². The molecular weight excluding hydrogens is 637 g/mol. The SMILES string of the molecule is CC(=O)OC[C@@H](C[C@@H](C)[C@H](OC(C)=O)C1([C@@H](C[C@H](C[C@@H](C)C2(C)SCCS2)OC(C)=O)OC(C)=O)SCCS1)OC(C)=O. The molecule has 0 N–H and O–H groups in total. The van der Waals surface area contributed by atoms with Gasteiger partial charge in [-0.1, -0.05) is 13.8 Å². The zero-order chi connectivity index (χ0) is 32.4. The first-order valence-corrected chi connectivity index (χ1v) is 18.4. The maximum absolute atomic E-state index is 12.5. The second-order valence-corrected chi connectivity index (χ2v) is 17.5. The van der Waals surface area contributed by atoms with E-state index >= 15 is 0 Å². The lowest BCUT2D eigenvalue weighted by Gasteiger charge is -2.44. The monoisotopic (exact) mass is 682 g/mol. The van der Waals surface area contributed by atoms with Crippen molar-refractivity contribution in [2.75, 3.05) is 29.6 Å². The van der Waals surface area contributed by atoms with Gasteiger partial charge < -0.3 is 23.7 Å². The summed E-state index contributed by atoms with van der Waals surface area (Å²) in [5.41, 5.74) is 0. The molecule has 2 fully saturated rings. The molecule has 246 valence electrons. The Morgan fingerprint density at radius 3 is 1.60 bits per heavy atom. The van der Waals surface area contributed by atoms with Crippen molar-refractivity contribution in [1.29, 1.82) is 0 Å². The van der Waals surface area contributed by atoms with E-state index < -0.39 is 64.3 Å². The summed E-state index contributed by atoms with van der Waals surface area (Å²) in [5.74, 6) is 0.870. The molecule has 0 saturated carbocycles. The summed E-state index contributed by atoms with van der Waals surface area (Å²) in [4.78, 5) is 60.6. The van der Waals surface area contributed by atoms with Crippen molar-refractivity contribution in [2.24, 2.45) is 11.8 Å². The minimum absolute atomic E-state index is 0.0215. The van der Waals surface area contributed by atoms with E-state index in [0.29, 0.717) is 17.9 Å². The summed E-state index contributed by atoms with van der Waals surface area (Å²) in [6, 6.07) is 0. The number of hydrogen-bond acceptors (Lipinski definition) is 14. The zero-order valence-corrected chi connectivity index (χ0v) is 29.6. The summed E-state index contributed by atoms with van der Waals surface area (Å²) in [5, 5.41) is 0. The predicted octanol–water partition coefficient (Wildman–Crippen LogP) is 5.09. The molecule has 0 amide bonds. The highest BCUT2D eigenvalue weighted by atomic mass is 32.2. The molecule has 0 aliphatic carbocycles. The first kappa shape index (κ1) is 37.9. The minimum atomic E-state index is -0.929. The lowest BCUT2D eigenvalue weighted by molar-refractivity contribution is -0.163. The highest BCUT2D eigenvalue weighted by Crippen LogP contribution is 2.55. The number of ether oxygens (including phenoxy) is 5. The molecular formula is C29H46O10S4. The summed E-state index contributed by atoms with van der Waals surface area (Å²) in [6.07, 6.45) is -1.85. The van der Waals surface area contributed by atoms with Crippen molar-refractivity contribution in [3.8, 4) is 0 Å². The molecule has 10 nitrogen and oxygen atoms in total. The van der Waals surface area contributed by atoms with Crippen LogP contribution in [0.1, 0.15) is 74.7 Å². The number of esters is 5. The first-order chi connectivity index (χ1) is 20.1. The van der Waals surface area contributed by atoms with Gasteiger partial charge in [-0.05, 0) is 31.6 Å². The third kappa shape index (κ3) is 11.9. The molecule has 0 aromatic rings. The van der Waals surface area contributed by atoms with Crippen molar-refractivity contribution in [2.45, 2.75) is 107 Å². The third-order valence-corrected chi connectivity index (χ3v) is 14.7. The molecule has 0 bridgehead atoms. The molecule has 2 rings (SSSR count). The van der Waals surface area contributed by atoms with Crippen LogP contribution in [-0.2, 0) is 47.7 Å². The van der Waals surface area contributed by atoms with Crippen LogP contribution in [0.25, 0.3) is 0 Å². The van der Waals surface area contributed by atoms with Crippen LogP contribution in [-0.4, -0.2) is 92.0 Å². The van der Waals surface area contributed by atoms with Crippen molar-refractivity contribution in [3.63, 3.8) is 0 Å². The van der Waals surface area contributed by atoms with Crippen LogP contribution in [0.3, 0.4) is 0 Å². The average molecular weight is 683 g/mol. The lowest BCUT2D eigenvalue weighted by atomic mass is 9.89. The second kappa shape index (κ2) is 17.4. The number of rotatable bonds is 16. The summed E-state index contributed by atoms with van der Waals surface area (Å²) < 4.78 is 27.5. The number of carbonyl (C=O) groups is 5. The fraction of sp³-hybridized carbons (Fsp3) is 0.828. The fourth-order valence-electron chi connectivity index (χ4n) is 5.47. The van der Waals surface area contributed by atoms with Gasteiger partial charge in [0.2, 0.25) is 0 Å². The second-order valence-electron chi connectivity index (χ2n) is 11.1. The van der Waals surface area contributed by atoms with Gasteiger partial charge in [-0.15, -0.1) is 47.0 Å². The van der Waals surface area contributed by atoms with Crippen molar-refractivity contribution in [3.05, 3.63) is 0 Å². The van der Waals surface area contributed by atoms with Gasteiger partial charge in [0.1, 0.15) is 35.1 Å². The van der Waals surface area contributed by atoms with E-state index in [2.05, 4.69) is 13.8 Å². The molecule has 0 spiro atoms. The highest BCUT2D eigenvalue weighted by molar-refractivity contribution is 8.21. The van der Waals surface area contributed by atoms with E-state index in [0.717, 1.165) is 11.5 Å². The molecule has 0 unspecified atom stereocenters. The molecule has 2 saturated heterocycles. The van der Waals surface area contributed by atoms with Crippen LogP contribution in [0.4, 0.5) is 0 Å². The van der Waals surface area contributed by atoms with Gasteiger partial charge in [-0.25, -0.2) is 0 Å². The zero-order valence-electron chi connectivity index (χ0n) is 26.3. The third-order valence-electron chi connectivity index (χ3n) is 7.32. The largest absolute Gasteiger partial charge is 0.462 e. The van der Waals surface area contributed by atoms with Crippen molar-refractivity contribution in [1.82, 2.24) is 0 Å².